The molecule has 1 radical (unpaired) electrons. The minimum absolute atomic E-state index is 0.168. The fourth-order valence-electron chi connectivity index (χ4n) is 0.990. The zero-order chi connectivity index (χ0) is 8.27. The maximum atomic E-state index is 11.0. The van der Waals surface area contributed by atoms with Crippen LogP contribution in [0.4, 0.5) is 0 Å². The number of ketones is 1. The standard InChI is InChI=1S/C9H9O.Po/c1-7-5-3-4-6-9(7)8(2)10;/h3-6H,1H2,2H3;. The number of Topliss-reactive ketones (excluding diaryl/α,β-unsaturated/α-hetero) is 1. The van der Waals surface area contributed by atoms with Gasteiger partial charge in [-0.15, -0.1) is 0 Å². The Hall–Kier alpha value is -0.214. The van der Waals surface area contributed by atoms with Crippen LogP contribution in [0.25, 0.3) is 0 Å². The number of hydrogen-bond acceptors (Lipinski definition) is 1. The summed E-state index contributed by atoms with van der Waals surface area (Å²) in [5.41, 5.74) is 2.05. The Bertz CT molecular complexity index is 268. The van der Waals surface area contributed by atoms with Crippen molar-refractivity contribution in [2.45, 2.75) is 11.0 Å². The fraction of sp³-hybridized carbons (Fsp3) is 0.222. The molecule has 0 unspecified atom stereocenters. The van der Waals surface area contributed by atoms with Crippen molar-refractivity contribution in [2.24, 2.45) is 0 Å². The van der Waals surface area contributed by atoms with Gasteiger partial charge in [0.25, 0.3) is 0 Å². The summed E-state index contributed by atoms with van der Waals surface area (Å²) in [4.78, 5) is 11.0. The normalized spacial score (nSPS) is 9.64. The van der Waals surface area contributed by atoms with E-state index in [1.165, 1.54) is 30.6 Å². The molecule has 0 N–H and O–H groups in total. The number of carbonyl (C=O) groups excluding carboxylic acids is 1. The van der Waals surface area contributed by atoms with E-state index in [9.17, 15) is 4.79 Å². The number of hydrogen-bond donors (Lipinski definition) is 0. The fourth-order valence-corrected chi connectivity index (χ4v) is 1.97. The second-order valence-corrected chi connectivity index (χ2v) is 3.48. The van der Waals surface area contributed by atoms with Gasteiger partial charge in [-0.1, -0.05) is 0 Å². The van der Waals surface area contributed by atoms with Crippen LogP contribution in [-0.2, 0) is 4.08 Å². The molecule has 1 aromatic rings. The summed E-state index contributed by atoms with van der Waals surface area (Å²) in [6.45, 7) is 1.61. The molecule has 0 aromatic heterocycles. The van der Waals surface area contributed by atoms with Crippen LogP contribution in [0.2, 0.25) is 0 Å². The molecular formula is C9H9OPo. The summed E-state index contributed by atoms with van der Waals surface area (Å²) < 4.78 is 1.01. The first kappa shape index (κ1) is 8.88. The molecule has 0 spiro atoms. The summed E-state index contributed by atoms with van der Waals surface area (Å²) in [7, 11) is 0. The summed E-state index contributed by atoms with van der Waals surface area (Å²) in [5, 5.41) is 0. The van der Waals surface area contributed by atoms with Crippen molar-refractivity contribution in [3.8, 4) is 0 Å². The second-order valence-electron chi connectivity index (χ2n) is 2.36. The minimum atomic E-state index is 0.168. The Kier molecular flexibility index (Phi) is 3.21. The van der Waals surface area contributed by atoms with Crippen LogP contribution in [-0.4, -0.2) is 30.8 Å². The topological polar surface area (TPSA) is 17.1 Å². The summed E-state index contributed by atoms with van der Waals surface area (Å²) in [6, 6.07) is 7.79. The first-order chi connectivity index (χ1) is 5.25. The molecule has 57 valence electrons. The van der Waals surface area contributed by atoms with E-state index >= 15 is 0 Å². The predicted octanol–water partition coefficient (Wildman–Crippen LogP) is 1.56. The third-order valence-corrected chi connectivity index (χ3v) is 2.76. The number of rotatable bonds is 2. The number of benzene rings is 1. The van der Waals surface area contributed by atoms with E-state index in [-0.39, 0.29) is 5.78 Å². The SMILES string of the molecule is CC(=O)c1ccccc1[CH2][Po]. The molecule has 0 heterocycles. The van der Waals surface area contributed by atoms with Crippen LogP contribution >= 0.6 is 0 Å². The van der Waals surface area contributed by atoms with Crippen LogP contribution in [0.1, 0.15) is 22.8 Å². The third-order valence-electron chi connectivity index (χ3n) is 1.55. The molecule has 0 saturated heterocycles. The molecule has 0 aliphatic rings. The zero-order valence-electron chi connectivity index (χ0n) is 6.33. The van der Waals surface area contributed by atoms with Crippen molar-refractivity contribution >= 4 is 30.8 Å². The van der Waals surface area contributed by atoms with Gasteiger partial charge in [0.15, 0.2) is 0 Å². The quantitative estimate of drug-likeness (QED) is 0.746. The van der Waals surface area contributed by atoms with Crippen molar-refractivity contribution < 1.29 is 4.79 Å². The van der Waals surface area contributed by atoms with E-state index in [2.05, 4.69) is 0 Å². The monoisotopic (exact) mass is 342 g/mol. The van der Waals surface area contributed by atoms with E-state index < -0.39 is 0 Å². The molecule has 11 heavy (non-hydrogen) atoms. The molecule has 1 rings (SSSR count). The van der Waals surface area contributed by atoms with Crippen molar-refractivity contribution in [3.05, 3.63) is 35.4 Å². The molecule has 0 aliphatic heterocycles. The zero-order valence-corrected chi connectivity index (χ0v) is 9.51. The Morgan fingerprint density at radius 2 is 2.09 bits per heavy atom. The molecule has 2 heteroatoms. The van der Waals surface area contributed by atoms with Crippen LogP contribution < -0.4 is 0 Å². The Balaban J connectivity index is 3.12. The van der Waals surface area contributed by atoms with E-state index in [0.29, 0.717) is 0 Å². The molecule has 0 aliphatic carbocycles. The Morgan fingerprint density at radius 1 is 1.45 bits per heavy atom. The van der Waals surface area contributed by atoms with Gasteiger partial charge >= 0.3 is 82.0 Å². The van der Waals surface area contributed by atoms with Crippen LogP contribution in [0.5, 0.6) is 0 Å². The van der Waals surface area contributed by atoms with Gasteiger partial charge in [0, 0.05) is 0 Å². The first-order valence-corrected chi connectivity index (χ1v) is 5.67. The summed E-state index contributed by atoms with van der Waals surface area (Å²) in [6.07, 6.45) is 0. The van der Waals surface area contributed by atoms with Gasteiger partial charge in [0.1, 0.15) is 0 Å². The molecule has 1 nitrogen and oxygen atoms in total. The van der Waals surface area contributed by atoms with Gasteiger partial charge in [0.2, 0.25) is 0 Å². The summed E-state index contributed by atoms with van der Waals surface area (Å²) >= 11 is 1.49. The van der Waals surface area contributed by atoms with Crippen LogP contribution in [0, 0.1) is 0 Å². The average molecular weight is 342 g/mol. The van der Waals surface area contributed by atoms with Gasteiger partial charge < -0.3 is 0 Å². The maximum absolute atomic E-state index is 11.0. The van der Waals surface area contributed by atoms with Gasteiger partial charge in [-0.25, -0.2) is 0 Å². The van der Waals surface area contributed by atoms with E-state index in [1.807, 2.05) is 24.3 Å². The Morgan fingerprint density at radius 3 is 2.55 bits per heavy atom. The van der Waals surface area contributed by atoms with E-state index in [4.69, 9.17) is 0 Å². The third kappa shape index (κ3) is 2.11. The van der Waals surface area contributed by atoms with Crippen molar-refractivity contribution in [1.82, 2.24) is 0 Å². The van der Waals surface area contributed by atoms with Gasteiger partial charge in [-0.3, -0.25) is 0 Å². The first-order valence-electron chi connectivity index (χ1n) is 3.42. The molecule has 1 aromatic carbocycles. The molecule has 0 bridgehead atoms. The van der Waals surface area contributed by atoms with Crippen LogP contribution in [0.15, 0.2) is 24.3 Å². The van der Waals surface area contributed by atoms with Gasteiger partial charge in [-0.05, 0) is 0 Å². The van der Waals surface area contributed by atoms with Crippen molar-refractivity contribution in [1.29, 1.82) is 0 Å². The molecular weight excluding hydrogens is 333 g/mol. The van der Waals surface area contributed by atoms with E-state index in [1.54, 1.807) is 6.92 Å². The van der Waals surface area contributed by atoms with Gasteiger partial charge in [0.05, 0.1) is 0 Å². The molecule has 0 atom stereocenters. The second kappa shape index (κ2) is 3.97. The molecule has 0 fully saturated rings. The van der Waals surface area contributed by atoms with E-state index in [0.717, 1.165) is 9.64 Å². The summed E-state index contributed by atoms with van der Waals surface area (Å²) in [5.74, 6) is 0.168. The predicted molar refractivity (Wildman–Crippen MR) is 45.9 cm³/mol. The average Bonchev–Trinajstić information content (AvgIpc) is 2.04. The van der Waals surface area contributed by atoms with Crippen molar-refractivity contribution in [2.75, 3.05) is 0 Å². The number of carbonyl (C=O) groups is 1. The Labute approximate surface area is 81.9 Å². The van der Waals surface area contributed by atoms with Crippen LogP contribution in [0.3, 0.4) is 0 Å². The molecule has 0 amide bonds. The van der Waals surface area contributed by atoms with Gasteiger partial charge in [-0.2, -0.15) is 0 Å². The molecule has 0 saturated carbocycles. The van der Waals surface area contributed by atoms with Crippen molar-refractivity contribution in [3.63, 3.8) is 0 Å².